The lowest BCUT2D eigenvalue weighted by molar-refractivity contribution is 0.691. The molecular weight excluding hydrogens is 214 g/mol. The van der Waals surface area contributed by atoms with Crippen LogP contribution in [0.1, 0.15) is 17.3 Å². The van der Waals surface area contributed by atoms with Crippen LogP contribution in [0.4, 0.5) is 0 Å². The van der Waals surface area contributed by atoms with Crippen LogP contribution < -0.4 is 5.73 Å². The Balaban J connectivity index is 2.13. The molecule has 0 aliphatic carbocycles. The molecule has 1 atom stereocenters. The van der Waals surface area contributed by atoms with Gasteiger partial charge in [-0.25, -0.2) is 0 Å². The number of aromatic amines is 1. The van der Waals surface area contributed by atoms with E-state index in [4.69, 9.17) is 17.3 Å². The molecule has 0 saturated carbocycles. The highest BCUT2D eigenvalue weighted by Gasteiger charge is 2.11. The van der Waals surface area contributed by atoms with Gasteiger partial charge in [0.15, 0.2) is 0 Å². The Hall–Kier alpha value is -1.46. The van der Waals surface area contributed by atoms with Gasteiger partial charge >= 0.3 is 0 Å². The first-order valence-electron chi connectivity index (χ1n) is 4.47. The highest BCUT2D eigenvalue weighted by Crippen LogP contribution is 2.19. The largest absolute Gasteiger partial charge is 0.322 e. The van der Waals surface area contributed by atoms with E-state index in [1.807, 2.05) is 6.07 Å². The van der Waals surface area contributed by atoms with Crippen molar-refractivity contribution >= 4 is 11.6 Å². The SMILES string of the molecule is NC(Cc1ccncc1Cl)c1cn[nH]n1. The van der Waals surface area contributed by atoms with Crippen LogP contribution in [-0.2, 0) is 6.42 Å². The Morgan fingerprint density at radius 3 is 3.00 bits per heavy atom. The van der Waals surface area contributed by atoms with Crippen LogP contribution in [0, 0.1) is 0 Å². The van der Waals surface area contributed by atoms with Crippen molar-refractivity contribution < 1.29 is 0 Å². The minimum Gasteiger partial charge on any atom is -0.322 e. The molecule has 0 radical (unpaired) electrons. The standard InChI is InChI=1S/C9H10ClN5/c10-7-4-12-2-1-6(7)3-8(11)9-5-13-15-14-9/h1-2,4-5,8H,3,11H2,(H,13,14,15). The molecule has 0 aromatic carbocycles. The van der Waals surface area contributed by atoms with Gasteiger partial charge in [-0.1, -0.05) is 11.6 Å². The summed E-state index contributed by atoms with van der Waals surface area (Å²) < 4.78 is 0. The number of nitrogens with one attached hydrogen (secondary N) is 1. The summed E-state index contributed by atoms with van der Waals surface area (Å²) in [5.41, 5.74) is 7.62. The first-order valence-corrected chi connectivity index (χ1v) is 4.85. The molecule has 0 aliphatic rings. The predicted molar refractivity (Wildman–Crippen MR) is 56.3 cm³/mol. The second-order valence-corrected chi connectivity index (χ2v) is 3.58. The maximum Gasteiger partial charge on any atom is 0.0995 e. The van der Waals surface area contributed by atoms with Crippen molar-refractivity contribution in [3.8, 4) is 0 Å². The van der Waals surface area contributed by atoms with E-state index in [1.165, 1.54) is 0 Å². The van der Waals surface area contributed by atoms with Crippen LogP contribution in [0.15, 0.2) is 24.7 Å². The summed E-state index contributed by atoms with van der Waals surface area (Å²) >= 11 is 5.97. The summed E-state index contributed by atoms with van der Waals surface area (Å²) in [6.07, 6.45) is 5.52. The van der Waals surface area contributed by atoms with Gasteiger partial charge in [-0.3, -0.25) is 4.98 Å². The zero-order chi connectivity index (χ0) is 10.7. The average molecular weight is 224 g/mol. The summed E-state index contributed by atoms with van der Waals surface area (Å²) in [6, 6.07) is 1.64. The van der Waals surface area contributed by atoms with Gasteiger partial charge in [-0.2, -0.15) is 15.4 Å². The molecule has 0 bridgehead atoms. The Morgan fingerprint density at radius 1 is 1.47 bits per heavy atom. The first-order chi connectivity index (χ1) is 7.27. The molecule has 2 aromatic rings. The fraction of sp³-hybridized carbons (Fsp3) is 0.222. The molecule has 2 rings (SSSR count). The molecular formula is C9H10ClN5. The van der Waals surface area contributed by atoms with Crippen molar-refractivity contribution in [2.75, 3.05) is 0 Å². The van der Waals surface area contributed by atoms with Crippen LogP contribution in [0.5, 0.6) is 0 Å². The van der Waals surface area contributed by atoms with Crippen molar-refractivity contribution in [2.24, 2.45) is 5.73 Å². The zero-order valence-corrected chi connectivity index (χ0v) is 8.65. The molecule has 0 fully saturated rings. The smallest absolute Gasteiger partial charge is 0.0995 e. The highest BCUT2D eigenvalue weighted by atomic mass is 35.5. The Kier molecular flexibility index (Phi) is 2.94. The maximum absolute atomic E-state index is 5.97. The van der Waals surface area contributed by atoms with Gasteiger partial charge in [0.1, 0.15) is 0 Å². The van der Waals surface area contributed by atoms with E-state index in [-0.39, 0.29) is 6.04 Å². The molecule has 3 N–H and O–H groups in total. The quantitative estimate of drug-likeness (QED) is 0.817. The minimum absolute atomic E-state index is 0.205. The maximum atomic E-state index is 5.97. The molecule has 0 saturated heterocycles. The van der Waals surface area contributed by atoms with Gasteiger partial charge in [0.2, 0.25) is 0 Å². The topological polar surface area (TPSA) is 80.5 Å². The third-order valence-corrected chi connectivity index (χ3v) is 2.45. The number of aromatic nitrogens is 4. The van der Waals surface area contributed by atoms with E-state index in [1.54, 1.807) is 18.6 Å². The number of nitrogens with two attached hydrogens (primary N) is 1. The molecule has 2 aromatic heterocycles. The van der Waals surface area contributed by atoms with E-state index < -0.39 is 0 Å². The summed E-state index contributed by atoms with van der Waals surface area (Å²) in [7, 11) is 0. The lowest BCUT2D eigenvalue weighted by atomic mass is 10.1. The second kappa shape index (κ2) is 4.37. The molecule has 0 spiro atoms. The molecule has 6 heteroatoms. The Labute approximate surface area is 91.7 Å². The molecule has 15 heavy (non-hydrogen) atoms. The zero-order valence-electron chi connectivity index (χ0n) is 7.89. The van der Waals surface area contributed by atoms with Crippen molar-refractivity contribution in [3.05, 3.63) is 40.9 Å². The van der Waals surface area contributed by atoms with Crippen molar-refractivity contribution in [1.29, 1.82) is 0 Å². The highest BCUT2D eigenvalue weighted by molar-refractivity contribution is 6.31. The predicted octanol–water partition coefficient (Wildman–Crippen LogP) is 1.10. The van der Waals surface area contributed by atoms with Crippen LogP contribution in [-0.4, -0.2) is 20.4 Å². The van der Waals surface area contributed by atoms with E-state index in [0.717, 1.165) is 11.3 Å². The van der Waals surface area contributed by atoms with Gasteiger partial charge < -0.3 is 5.73 Å². The number of H-pyrrole nitrogens is 1. The van der Waals surface area contributed by atoms with Crippen molar-refractivity contribution in [3.63, 3.8) is 0 Å². The van der Waals surface area contributed by atoms with Gasteiger partial charge in [-0.15, -0.1) is 0 Å². The van der Waals surface area contributed by atoms with Crippen LogP contribution in [0.3, 0.4) is 0 Å². The number of hydrogen-bond acceptors (Lipinski definition) is 4. The van der Waals surface area contributed by atoms with E-state index in [9.17, 15) is 0 Å². The van der Waals surface area contributed by atoms with Gasteiger partial charge in [0.25, 0.3) is 0 Å². The lowest BCUT2D eigenvalue weighted by Gasteiger charge is -2.08. The van der Waals surface area contributed by atoms with Crippen LogP contribution >= 0.6 is 11.6 Å². The van der Waals surface area contributed by atoms with E-state index in [0.29, 0.717) is 11.4 Å². The molecule has 1 unspecified atom stereocenters. The third kappa shape index (κ3) is 2.31. The summed E-state index contributed by atoms with van der Waals surface area (Å²) in [6.45, 7) is 0. The average Bonchev–Trinajstić information content (AvgIpc) is 2.74. The first kappa shape index (κ1) is 10.1. The molecule has 0 aliphatic heterocycles. The number of pyridine rings is 1. The lowest BCUT2D eigenvalue weighted by Crippen LogP contribution is -2.14. The van der Waals surface area contributed by atoms with Crippen LogP contribution in [0.25, 0.3) is 0 Å². The Bertz CT molecular complexity index is 428. The third-order valence-electron chi connectivity index (χ3n) is 2.11. The molecule has 0 amide bonds. The van der Waals surface area contributed by atoms with E-state index in [2.05, 4.69) is 20.4 Å². The minimum atomic E-state index is -0.205. The Morgan fingerprint density at radius 2 is 2.33 bits per heavy atom. The van der Waals surface area contributed by atoms with E-state index >= 15 is 0 Å². The van der Waals surface area contributed by atoms with Gasteiger partial charge in [-0.05, 0) is 18.1 Å². The molecule has 5 nitrogen and oxygen atoms in total. The van der Waals surface area contributed by atoms with Gasteiger partial charge in [0.05, 0.1) is 23.0 Å². The van der Waals surface area contributed by atoms with Crippen molar-refractivity contribution in [2.45, 2.75) is 12.5 Å². The summed E-state index contributed by atoms with van der Waals surface area (Å²) in [5.74, 6) is 0. The fourth-order valence-electron chi connectivity index (χ4n) is 1.30. The number of nitrogens with zero attached hydrogens (tertiary/aromatic N) is 3. The summed E-state index contributed by atoms with van der Waals surface area (Å²) in [5, 5.41) is 10.8. The normalized spacial score (nSPS) is 12.7. The fourth-order valence-corrected chi connectivity index (χ4v) is 1.50. The number of rotatable bonds is 3. The van der Waals surface area contributed by atoms with Gasteiger partial charge in [0, 0.05) is 12.4 Å². The monoisotopic (exact) mass is 223 g/mol. The number of hydrogen-bond donors (Lipinski definition) is 2. The second-order valence-electron chi connectivity index (χ2n) is 3.17. The van der Waals surface area contributed by atoms with Crippen LogP contribution in [0.2, 0.25) is 5.02 Å². The van der Waals surface area contributed by atoms with Crippen molar-refractivity contribution in [1.82, 2.24) is 20.4 Å². The molecule has 2 heterocycles. The number of halogens is 1. The molecule has 78 valence electrons. The summed E-state index contributed by atoms with van der Waals surface area (Å²) in [4.78, 5) is 3.91.